The minimum absolute atomic E-state index is 0.572. The number of rotatable bonds is 5. The Hall–Kier alpha value is -0.900. The van der Waals surface area contributed by atoms with Gasteiger partial charge in [0.05, 0.1) is 5.60 Å². The minimum atomic E-state index is -0.644. The highest BCUT2D eigenvalue weighted by molar-refractivity contribution is 5.22. The van der Waals surface area contributed by atoms with Gasteiger partial charge in [0.15, 0.2) is 0 Å². The fourth-order valence-corrected chi connectivity index (χ4v) is 3.03. The van der Waals surface area contributed by atoms with Crippen LogP contribution in [-0.2, 0) is 6.54 Å². The van der Waals surface area contributed by atoms with Crippen LogP contribution in [-0.4, -0.2) is 41.3 Å². The Balaban J connectivity index is 2.09. The summed E-state index contributed by atoms with van der Waals surface area (Å²) in [5.41, 5.74) is 2.00. The Labute approximate surface area is 123 Å². The first kappa shape index (κ1) is 15.5. The van der Waals surface area contributed by atoms with E-state index < -0.39 is 5.60 Å². The SMILES string of the molecule is Cc1cccc(CN(CC(C)(C)O)C2CCNCC2)c1. The molecule has 0 amide bonds. The van der Waals surface area contributed by atoms with E-state index in [0.717, 1.165) is 26.2 Å². The third-order valence-electron chi connectivity index (χ3n) is 3.88. The summed E-state index contributed by atoms with van der Waals surface area (Å²) in [5.74, 6) is 0. The van der Waals surface area contributed by atoms with Crippen molar-refractivity contribution in [2.24, 2.45) is 0 Å². The largest absolute Gasteiger partial charge is 0.389 e. The highest BCUT2D eigenvalue weighted by atomic mass is 16.3. The van der Waals surface area contributed by atoms with Gasteiger partial charge in [-0.25, -0.2) is 0 Å². The molecule has 1 aliphatic heterocycles. The quantitative estimate of drug-likeness (QED) is 0.866. The van der Waals surface area contributed by atoms with E-state index in [0.29, 0.717) is 6.04 Å². The lowest BCUT2D eigenvalue weighted by Gasteiger charge is -2.38. The van der Waals surface area contributed by atoms with Crippen LogP contribution in [0.2, 0.25) is 0 Å². The fourth-order valence-electron chi connectivity index (χ4n) is 3.03. The van der Waals surface area contributed by atoms with Crippen LogP contribution in [0.1, 0.15) is 37.8 Å². The fraction of sp³-hybridized carbons (Fsp3) is 0.647. The molecule has 1 aromatic carbocycles. The molecule has 3 heteroatoms. The van der Waals surface area contributed by atoms with Crippen LogP contribution < -0.4 is 5.32 Å². The van der Waals surface area contributed by atoms with Crippen LogP contribution in [0.3, 0.4) is 0 Å². The van der Waals surface area contributed by atoms with Gasteiger partial charge in [-0.3, -0.25) is 4.90 Å². The van der Waals surface area contributed by atoms with Gasteiger partial charge in [-0.1, -0.05) is 29.8 Å². The van der Waals surface area contributed by atoms with Crippen LogP contribution in [0.4, 0.5) is 0 Å². The van der Waals surface area contributed by atoms with Gasteiger partial charge in [0.2, 0.25) is 0 Å². The molecule has 2 N–H and O–H groups in total. The molecule has 0 bridgehead atoms. The Morgan fingerprint density at radius 2 is 2.00 bits per heavy atom. The lowest BCUT2D eigenvalue weighted by atomic mass is 10.00. The zero-order valence-corrected chi connectivity index (χ0v) is 13.0. The van der Waals surface area contributed by atoms with Crippen molar-refractivity contribution in [3.63, 3.8) is 0 Å². The number of hydrogen-bond acceptors (Lipinski definition) is 3. The summed E-state index contributed by atoms with van der Waals surface area (Å²) in [7, 11) is 0. The second-order valence-electron chi connectivity index (χ2n) is 6.69. The standard InChI is InChI=1S/C17H28N2O/c1-14-5-4-6-15(11-14)12-19(13-17(2,3)20)16-7-9-18-10-8-16/h4-6,11,16,18,20H,7-10,12-13H2,1-3H3. The maximum atomic E-state index is 10.2. The number of benzene rings is 1. The predicted octanol–water partition coefficient (Wildman–Crippen LogP) is 2.32. The number of aliphatic hydroxyl groups is 1. The molecule has 1 saturated heterocycles. The number of aryl methyl sites for hydroxylation is 1. The van der Waals surface area contributed by atoms with Crippen molar-refractivity contribution in [2.75, 3.05) is 19.6 Å². The molecule has 0 spiro atoms. The van der Waals surface area contributed by atoms with Gasteiger partial charge in [-0.2, -0.15) is 0 Å². The maximum absolute atomic E-state index is 10.2. The summed E-state index contributed by atoms with van der Waals surface area (Å²) in [6.07, 6.45) is 2.34. The van der Waals surface area contributed by atoms with E-state index in [1.807, 2.05) is 13.8 Å². The Morgan fingerprint density at radius 1 is 1.30 bits per heavy atom. The van der Waals surface area contributed by atoms with Gasteiger partial charge in [0.25, 0.3) is 0 Å². The lowest BCUT2D eigenvalue weighted by molar-refractivity contribution is 0.0113. The summed E-state index contributed by atoms with van der Waals surface area (Å²) in [4.78, 5) is 2.45. The van der Waals surface area contributed by atoms with E-state index in [9.17, 15) is 5.11 Å². The predicted molar refractivity (Wildman–Crippen MR) is 83.8 cm³/mol. The third kappa shape index (κ3) is 4.89. The zero-order valence-electron chi connectivity index (χ0n) is 13.0. The van der Waals surface area contributed by atoms with Gasteiger partial charge in [-0.15, -0.1) is 0 Å². The topological polar surface area (TPSA) is 35.5 Å². The summed E-state index contributed by atoms with van der Waals surface area (Å²) >= 11 is 0. The van der Waals surface area contributed by atoms with Crippen molar-refractivity contribution < 1.29 is 5.11 Å². The molecule has 20 heavy (non-hydrogen) atoms. The molecule has 0 aliphatic carbocycles. The van der Waals surface area contributed by atoms with Gasteiger partial charge >= 0.3 is 0 Å². The van der Waals surface area contributed by atoms with Crippen LogP contribution in [0, 0.1) is 6.92 Å². The van der Waals surface area contributed by atoms with Crippen molar-refractivity contribution in [3.05, 3.63) is 35.4 Å². The van der Waals surface area contributed by atoms with E-state index in [1.165, 1.54) is 24.0 Å². The highest BCUT2D eigenvalue weighted by Crippen LogP contribution is 2.19. The number of nitrogens with zero attached hydrogens (tertiary/aromatic N) is 1. The van der Waals surface area contributed by atoms with E-state index in [1.54, 1.807) is 0 Å². The summed E-state index contributed by atoms with van der Waals surface area (Å²) in [5, 5.41) is 13.6. The minimum Gasteiger partial charge on any atom is -0.389 e. The lowest BCUT2D eigenvalue weighted by Crippen LogP contribution is -2.48. The molecular formula is C17H28N2O. The number of hydrogen-bond donors (Lipinski definition) is 2. The van der Waals surface area contributed by atoms with E-state index in [-0.39, 0.29) is 0 Å². The molecule has 0 atom stereocenters. The molecule has 1 aromatic rings. The molecule has 0 unspecified atom stereocenters. The molecule has 1 fully saturated rings. The molecule has 1 aliphatic rings. The van der Waals surface area contributed by atoms with Crippen molar-refractivity contribution in [1.82, 2.24) is 10.2 Å². The number of piperidine rings is 1. The summed E-state index contributed by atoms with van der Waals surface area (Å²) in [6.45, 7) is 9.76. The molecule has 0 radical (unpaired) electrons. The molecular weight excluding hydrogens is 248 g/mol. The Kier molecular flexibility index (Phi) is 5.19. The molecule has 112 valence electrons. The van der Waals surface area contributed by atoms with Crippen LogP contribution in [0.5, 0.6) is 0 Å². The first-order chi connectivity index (χ1) is 9.44. The monoisotopic (exact) mass is 276 g/mol. The smallest absolute Gasteiger partial charge is 0.0718 e. The van der Waals surface area contributed by atoms with Crippen LogP contribution in [0.25, 0.3) is 0 Å². The number of nitrogens with one attached hydrogen (secondary N) is 1. The second-order valence-corrected chi connectivity index (χ2v) is 6.69. The van der Waals surface area contributed by atoms with E-state index in [4.69, 9.17) is 0 Å². The first-order valence-corrected chi connectivity index (χ1v) is 7.67. The third-order valence-corrected chi connectivity index (χ3v) is 3.88. The first-order valence-electron chi connectivity index (χ1n) is 7.67. The van der Waals surface area contributed by atoms with E-state index in [2.05, 4.69) is 41.4 Å². The second kappa shape index (κ2) is 6.70. The highest BCUT2D eigenvalue weighted by Gasteiger charge is 2.26. The van der Waals surface area contributed by atoms with Crippen LogP contribution >= 0.6 is 0 Å². The van der Waals surface area contributed by atoms with Gasteiger partial charge < -0.3 is 10.4 Å². The Morgan fingerprint density at radius 3 is 2.60 bits per heavy atom. The molecule has 0 saturated carbocycles. The normalized spacial score (nSPS) is 17.6. The van der Waals surface area contributed by atoms with Gasteiger partial charge in [0, 0.05) is 19.1 Å². The van der Waals surface area contributed by atoms with Gasteiger partial charge in [0.1, 0.15) is 0 Å². The maximum Gasteiger partial charge on any atom is 0.0718 e. The Bertz CT molecular complexity index is 419. The average molecular weight is 276 g/mol. The van der Waals surface area contributed by atoms with Crippen molar-refractivity contribution in [3.8, 4) is 0 Å². The van der Waals surface area contributed by atoms with Crippen LogP contribution in [0.15, 0.2) is 24.3 Å². The molecule has 2 rings (SSSR count). The molecule has 3 nitrogen and oxygen atoms in total. The molecule has 0 aromatic heterocycles. The van der Waals surface area contributed by atoms with Crippen molar-refractivity contribution >= 4 is 0 Å². The van der Waals surface area contributed by atoms with Crippen molar-refractivity contribution in [2.45, 2.75) is 51.8 Å². The average Bonchev–Trinajstić information content (AvgIpc) is 2.37. The summed E-state index contributed by atoms with van der Waals surface area (Å²) < 4.78 is 0. The van der Waals surface area contributed by atoms with Gasteiger partial charge in [-0.05, 0) is 52.3 Å². The molecule has 1 heterocycles. The summed E-state index contributed by atoms with van der Waals surface area (Å²) in [6, 6.07) is 9.26. The van der Waals surface area contributed by atoms with E-state index >= 15 is 0 Å². The van der Waals surface area contributed by atoms with Crippen molar-refractivity contribution in [1.29, 1.82) is 0 Å². The zero-order chi connectivity index (χ0) is 14.6.